The zero-order valence-corrected chi connectivity index (χ0v) is 16.6. The van der Waals surface area contributed by atoms with Gasteiger partial charge in [0.2, 0.25) is 0 Å². The number of pyridine rings is 1. The van der Waals surface area contributed by atoms with Crippen LogP contribution in [0.3, 0.4) is 0 Å². The molecule has 0 saturated carbocycles. The Bertz CT molecular complexity index is 1030. The summed E-state index contributed by atoms with van der Waals surface area (Å²) in [6.07, 6.45) is 4.75. The summed E-state index contributed by atoms with van der Waals surface area (Å²) in [4.78, 5) is 37.3. The lowest BCUT2D eigenvalue weighted by molar-refractivity contribution is -0.115. The molecule has 1 aliphatic rings. The third kappa shape index (κ3) is 4.28. The SMILES string of the molecule is CC1=CC(C)=C(CCC(=O)c2ccn([C@@H](C)c3ccccc3)c(=O)c2)C(=O)C1. The summed E-state index contributed by atoms with van der Waals surface area (Å²) >= 11 is 0. The van der Waals surface area contributed by atoms with Gasteiger partial charge in [-0.1, -0.05) is 42.0 Å². The molecule has 2 aromatic rings. The van der Waals surface area contributed by atoms with Crippen molar-refractivity contribution in [3.63, 3.8) is 0 Å². The van der Waals surface area contributed by atoms with Crippen LogP contribution in [0.15, 0.2) is 76.3 Å². The lowest BCUT2D eigenvalue weighted by Crippen LogP contribution is -2.24. The Labute approximate surface area is 165 Å². The minimum Gasteiger partial charge on any atom is -0.308 e. The number of rotatable bonds is 6. The maximum absolute atomic E-state index is 12.6. The van der Waals surface area contributed by atoms with Crippen LogP contribution in [-0.2, 0) is 4.79 Å². The molecule has 0 spiro atoms. The van der Waals surface area contributed by atoms with Gasteiger partial charge in [-0.05, 0) is 50.0 Å². The number of Topliss-reactive ketones (excluding diaryl/α,β-unsaturated/α-hetero) is 2. The zero-order valence-electron chi connectivity index (χ0n) is 16.6. The van der Waals surface area contributed by atoms with E-state index in [0.717, 1.165) is 22.3 Å². The standard InChI is InChI=1S/C24H25NO3/c1-16-13-17(2)21(23(27)14-16)9-10-22(26)20-11-12-25(24(28)15-20)18(3)19-7-5-4-6-8-19/h4-8,11-13,15,18H,9-10,14H2,1-3H3/t18-/m0/s1. The van der Waals surface area contributed by atoms with Crippen molar-refractivity contribution in [1.29, 1.82) is 0 Å². The second kappa shape index (κ2) is 8.34. The molecule has 1 heterocycles. The molecule has 4 nitrogen and oxygen atoms in total. The maximum atomic E-state index is 12.6. The molecular formula is C24H25NO3. The van der Waals surface area contributed by atoms with Gasteiger partial charge < -0.3 is 4.57 Å². The summed E-state index contributed by atoms with van der Waals surface area (Å²) < 4.78 is 1.62. The average molecular weight is 375 g/mol. The molecule has 1 atom stereocenters. The molecule has 0 unspecified atom stereocenters. The van der Waals surface area contributed by atoms with Gasteiger partial charge in [0.05, 0.1) is 6.04 Å². The molecule has 28 heavy (non-hydrogen) atoms. The first-order valence-electron chi connectivity index (χ1n) is 9.57. The molecule has 144 valence electrons. The molecule has 0 amide bonds. The number of nitrogens with zero attached hydrogens (tertiary/aromatic N) is 1. The monoisotopic (exact) mass is 375 g/mol. The summed E-state index contributed by atoms with van der Waals surface area (Å²) in [7, 11) is 0. The summed E-state index contributed by atoms with van der Waals surface area (Å²) in [5.41, 5.74) is 3.94. The van der Waals surface area contributed by atoms with Gasteiger partial charge in [-0.25, -0.2) is 0 Å². The van der Waals surface area contributed by atoms with Crippen molar-refractivity contribution < 1.29 is 9.59 Å². The van der Waals surface area contributed by atoms with Crippen LogP contribution in [0.5, 0.6) is 0 Å². The lowest BCUT2D eigenvalue weighted by Gasteiger charge is -2.16. The van der Waals surface area contributed by atoms with Gasteiger partial charge in [0.1, 0.15) is 0 Å². The number of aromatic nitrogens is 1. The van der Waals surface area contributed by atoms with Crippen LogP contribution in [-0.4, -0.2) is 16.1 Å². The first kappa shape index (κ1) is 19.7. The molecule has 0 N–H and O–H groups in total. The van der Waals surface area contributed by atoms with Crippen molar-refractivity contribution in [2.45, 2.75) is 46.1 Å². The van der Waals surface area contributed by atoms with E-state index in [2.05, 4.69) is 0 Å². The van der Waals surface area contributed by atoms with E-state index in [1.54, 1.807) is 16.8 Å². The Morgan fingerprint density at radius 3 is 2.46 bits per heavy atom. The molecule has 0 saturated heterocycles. The highest BCUT2D eigenvalue weighted by Gasteiger charge is 2.19. The number of allylic oxidation sites excluding steroid dienone is 4. The lowest BCUT2D eigenvalue weighted by atomic mass is 9.89. The zero-order chi connectivity index (χ0) is 20.3. The van der Waals surface area contributed by atoms with E-state index in [-0.39, 0.29) is 29.6 Å². The predicted octanol–water partition coefficient (Wildman–Crippen LogP) is 4.66. The van der Waals surface area contributed by atoms with Crippen LogP contribution < -0.4 is 5.56 Å². The Balaban J connectivity index is 1.73. The molecule has 1 aromatic carbocycles. The molecule has 0 bridgehead atoms. The minimum atomic E-state index is -0.204. The van der Waals surface area contributed by atoms with Crippen LogP contribution in [0.1, 0.15) is 62.0 Å². The van der Waals surface area contributed by atoms with Gasteiger partial charge in [-0.3, -0.25) is 14.4 Å². The molecule has 3 rings (SSSR count). The molecule has 4 heteroatoms. The van der Waals surface area contributed by atoms with Crippen LogP contribution in [0.2, 0.25) is 0 Å². The highest BCUT2D eigenvalue weighted by Crippen LogP contribution is 2.24. The summed E-state index contributed by atoms with van der Waals surface area (Å²) in [6.45, 7) is 5.80. The van der Waals surface area contributed by atoms with E-state index < -0.39 is 0 Å². The highest BCUT2D eigenvalue weighted by molar-refractivity contribution is 6.01. The Kier molecular flexibility index (Phi) is 5.88. The minimum absolute atomic E-state index is 0.0948. The Morgan fingerprint density at radius 2 is 1.82 bits per heavy atom. The average Bonchev–Trinajstić information content (AvgIpc) is 2.67. The summed E-state index contributed by atoms with van der Waals surface area (Å²) in [5.74, 6) is -0.0200. The second-order valence-corrected chi connectivity index (χ2v) is 7.42. The van der Waals surface area contributed by atoms with E-state index in [4.69, 9.17) is 0 Å². The fourth-order valence-corrected chi connectivity index (χ4v) is 3.68. The Morgan fingerprint density at radius 1 is 1.11 bits per heavy atom. The van der Waals surface area contributed by atoms with Gasteiger partial charge in [0.25, 0.3) is 5.56 Å². The van der Waals surface area contributed by atoms with Crippen LogP contribution in [0, 0.1) is 0 Å². The number of benzene rings is 1. The molecule has 0 radical (unpaired) electrons. The van der Waals surface area contributed by atoms with E-state index >= 15 is 0 Å². The predicted molar refractivity (Wildman–Crippen MR) is 111 cm³/mol. The fraction of sp³-hybridized carbons (Fsp3) is 0.292. The molecule has 0 aliphatic heterocycles. The quantitative estimate of drug-likeness (QED) is 0.690. The number of ketones is 2. The molecule has 1 aliphatic carbocycles. The van der Waals surface area contributed by atoms with Gasteiger partial charge in [-0.2, -0.15) is 0 Å². The van der Waals surface area contributed by atoms with Crippen LogP contribution in [0.25, 0.3) is 0 Å². The maximum Gasteiger partial charge on any atom is 0.251 e. The van der Waals surface area contributed by atoms with Crippen molar-refractivity contribution in [3.8, 4) is 0 Å². The van der Waals surface area contributed by atoms with Gasteiger partial charge >= 0.3 is 0 Å². The highest BCUT2D eigenvalue weighted by atomic mass is 16.1. The molecule has 1 aromatic heterocycles. The van der Waals surface area contributed by atoms with E-state index in [1.165, 1.54) is 6.07 Å². The molecule has 0 fully saturated rings. The third-order valence-corrected chi connectivity index (χ3v) is 5.29. The van der Waals surface area contributed by atoms with Crippen LogP contribution >= 0.6 is 0 Å². The molecular weight excluding hydrogens is 350 g/mol. The fourth-order valence-electron chi connectivity index (χ4n) is 3.68. The topological polar surface area (TPSA) is 56.1 Å². The number of hydrogen-bond donors (Lipinski definition) is 0. The normalized spacial score (nSPS) is 15.4. The van der Waals surface area contributed by atoms with E-state index in [0.29, 0.717) is 18.4 Å². The largest absolute Gasteiger partial charge is 0.308 e. The summed E-state index contributed by atoms with van der Waals surface area (Å²) in [5, 5.41) is 0. The van der Waals surface area contributed by atoms with Crippen molar-refractivity contribution in [2.24, 2.45) is 0 Å². The van der Waals surface area contributed by atoms with Gasteiger partial charge in [0.15, 0.2) is 11.6 Å². The Hall–Kier alpha value is -3.01. The van der Waals surface area contributed by atoms with Crippen molar-refractivity contribution in [2.75, 3.05) is 0 Å². The summed E-state index contributed by atoms with van der Waals surface area (Å²) in [6, 6.07) is 12.7. The second-order valence-electron chi connectivity index (χ2n) is 7.42. The number of carbonyl (C=O) groups excluding carboxylic acids is 2. The van der Waals surface area contributed by atoms with Crippen LogP contribution in [0.4, 0.5) is 0 Å². The van der Waals surface area contributed by atoms with E-state index in [1.807, 2.05) is 57.2 Å². The van der Waals surface area contributed by atoms with Crippen molar-refractivity contribution in [3.05, 3.63) is 92.9 Å². The first-order valence-corrected chi connectivity index (χ1v) is 9.57. The smallest absolute Gasteiger partial charge is 0.251 e. The number of hydrogen-bond acceptors (Lipinski definition) is 3. The van der Waals surface area contributed by atoms with Gasteiger partial charge in [0, 0.05) is 30.7 Å². The van der Waals surface area contributed by atoms with Crippen molar-refractivity contribution >= 4 is 11.6 Å². The third-order valence-electron chi connectivity index (χ3n) is 5.29. The number of carbonyl (C=O) groups is 2. The van der Waals surface area contributed by atoms with Crippen molar-refractivity contribution in [1.82, 2.24) is 4.57 Å². The van der Waals surface area contributed by atoms with E-state index in [9.17, 15) is 14.4 Å². The van der Waals surface area contributed by atoms with Gasteiger partial charge in [-0.15, -0.1) is 0 Å². The first-order chi connectivity index (χ1) is 13.4.